The van der Waals surface area contributed by atoms with Crippen molar-refractivity contribution < 1.29 is 24.3 Å². The van der Waals surface area contributed by atoms with Crippen molar-refractivity contribution in [1.29, 1.82) is 0 Å². The Hall–Kier alpha value is -2.50. The van der Waals surface area contributed by atoms with Gasteiger partial charge in [-0.15, -0.1) is 5.59 Å². The van der Waals surface area contributed by atoms with Gasteiger partial charge in [0, 0.05) is 45.0 Å². The molecule has 1 spiro atoms. The summed E-state index contributed by atoms with van der Waals surface area (Å²) in [5.74, 6) is 0.176. The van der Waals surface area contributed by atoms with Gasteiger partial charge in [0.1, 0.15) is 18.8 Å². The molecule has 0 aromatic heterocycles. The molecular weight excluding hydrogens is 534 g/mol. The highest BCUT2D eigenvalue weighted by molar-refractivity contribution is 5.78. The fraction of sp³-hybridized carbons (Fsp3) is 0.688. The van der Waals surface area contributed by atoms with Crippen LogP contribution in [-0.4, -0.2) is 83.9 Å². The number of aliphatic hydroxyl groups is 1. The topological polar surface area (TPSA) is 115 Å². The maximum atomic E-state index is 12.9. The standard InChI is InChI=1S/C25H39N5O4.C5H12O.C2H6/c1-5-22(6-2)34-24(32)19(3)27-28-33-17-23(31)29-14-15-30(16-21-10-8-7-9-11-21)25(18-29)12-13-26-20(25)4;1-5(2)3-4-6;1-2/h7-11,19,22,26-28H,4-6,12-18H2,1-3H3;5-6H,3-4H2,1-2H3;1-2H3. The number of carbonyl (C=O) groups is 2. The van der Waals surface area contributed by atoms with Crippen molar-refractivity contribution >= 4 is 11.9 Å². The van der Waals surface area contributed by atoms with Gasteiger partial charge in [-0.3, -0.25) is 19.3 Å². The molecule has 2 saturated heterocycles. The second-order valence-corrected chi connectivity index (χ2v) is 10.9. The first-order chi connectivity index (χ1) is 20.2. The van der Waals surface area contributed by atoms with E-state index in [2.05, 4.69) is 53.8 Å². The lowest BCUT2D eigenvalue weighted by Crippen LogP contribution is -2.63. The van der Waals surface area contributed by atoms with E-state index in [0.29, 0.717) is 25.6 Å². The number of amides is 1. The Morgan fingerprint density at radius 1 is 1.12 bits per heavy atom. The number of hydrogen-bond donors (Lipinski definition) is 4. The summed E-state index contributed by atoms with van der Waals surface area (Å²) in [4.78, 5) is 34.6. The second-order valence-electron chi connectivity index (χ2n) is 10.9. The first-order valence-electron chi connectivity index (χ1n) is 15.6. The van der Waals surface area contributed by atoms with Gasteiger partial charge in [-0.05, 0) is 44.1 Å². The van der Waals surface area contributed by atoms with Gasteiger partial charge < -0.3 is 20.1 Å². The van der Waals surface area contributed by atoms with Crippen molar-refractivity contribution in [2.45, 2.75) is 98.4 Å². The predicted molar refractivity (Wildman–Crippen MR) is 168 cm³/mol. The first kappa shape index (κ1) is 37.5. The molecule has 2 atom stereocenters. The van der Waals surface area contributed by atoms with Crippen LogP contribution in [0.25, 0.3) is 0 Å². The molecule has 42 heavy (non-hydrogen) atoms. The number of nitrogens with zero attached hydrogens (tertiary/aromatic N) is 2. The Bertz CT molecular complexity index is 912. The molecule has 0 saturated carbocycles. The van der Waals surface area contributed by atoms with E-state index < -0.39 is 6.04 Å². The van der Waals surface area contributed by atoms with Crippen LogP contribution in [-0.2, 0) is 25.7 Å². The number of esters is 1. The van der Waals surface area contributed by atoms with E-state index in [-0.39, 0.29) is 30.1 Å². The molecule has 2 unspecified atom stereocenters. The molecule has 1 aromatic carbocycles. The molecule has 0 radical (unpaired) electrons. The van der Waals surface area contributed by atoms with E-state index in [1.807, 2.05) is 50.8 Å². The molecule has 10 nitrogen and oxygen atoms in total. The molecule has 2 heterocycles. The Kier molecular flexibility index (Phi) is 18.2. The van der Waals surface area contributed by atoms with Crippen LogP contribution in [0.1, 0.15) is 79.7 Å². The summed E-state index contributed by atoms with van der Waals surface area (Å²) in [5, 5.41) is 11.6. The summed E-state index contributed by atoms with van der Waals surface area (Å²) in [7, 11) is 0. The minimum absolute atomic E-state index is 0.0908. The van der Waals surface area contributed by atoms with E-state index in [1.54, 1.807) is 6.92 Å². The van der Waals surface area contributed by atoms with Gasteiger partial charge >= 0.3 is 5.97 Å². The van der Waals surface area contributed by atoms with E-state index in [1.165, 1.54) is 5.56 Å². The third-order valence-electron chi connectivity index (χ3n) is 7.50. The van der Waals surface area contributed by atoms with Crippen LogP contribution in [0.4, 0.5) is 0 Å². The van der Waals surface area contributed by atoms with Crippen molar-refractivity contribution in [3.63, 3.8) is 0 Å². The number of rotatable bonds is 13. The number of piperazine rings is 1. The number of aliphatic hydroxyl groups excluding tert-OH is 1. The normalized spacial score (nSPS) is 19.1. The molecule has 2 aliphatic rings. The van der Waals surface area contributed by atoms with Gasteiger partial charge in [0.2, 0.25) is 0 Å². The summed E-state index contributed by atoms with van der Waals surface area (Å²) >= 11 is 0. The second kappa shape index (κ2) is 20.4. The summed E-state index contributed by atoms with van der Waals surface area (Å²) < 4.78 is 5.41. The number of nitrogens with one attached hydrogen (secondary N) is 3. The fourth-order valence-corrected chi connectivity index (χ4v) is 4.81. The van der Waals surface area contributed by atoms with Crippen LogP contribution >= 0.6 is 0 Å². The monoisotopic (exact) mass is 591 g/mol. The fourth-order valence-electron chi connectivity index (χ4n) is 4.81. The van der Waals surface area contributed by atoms with Gasteiger partial charge in [-0.1, -0.05) is 78.5 Å². The van der Waals surface area contributed by atoms with E-state index in [9.17, 15) is 9.59 Å². The maximum absolute atomic E-state index is 12.9. The smallest absolute Gasteiger partial charge is 0.324 e. The first-order valence-corrected chi connectivity index (χ1v) is 15.6. The van der Waals surface area contributed by atoms with Crippen molar-refractivity contribution in [2.75, 3.05) is 39.4 Å². The Labute approximate surface area is 254 Å². The van der Waals surface area contributed by atoms with Gasteiger partial charge in [-0.25, -0.2) is 5.43 Å². The van der Waals surface area contributed by atoms with Crippen LogP contribution in [0, 0.1) is 5.92 Å². The van der Waals surface area contributed by atoms with Crippen LogP contribution in [0.5, 0.6) is 0 Å². The van der Waals surface area contributed by atoms with Crippen molar-refractivity contribution in [1.82, 2.24) is 26.1 Å². The van der Waals surface area contributed by atoms with E-state index in [0.717, 1.165) is 51.0 Å². The quantitative estimate of drug-likeness (QED) is 0.155. The molecule has 3 rings (SSSR count). The summed E-state index contributed by atoms with van der Waals surface area (Å²) in [6, 6.07) is 9.77. The van der Waals surface area contributed by atoms with Crippen molar-refractivity contribution in [3.8, 4) is 0 Å². The van der Waals surface area contributed by atoms with Crippen LogP contribution in [0.2, 0.25) is 0 Å². The molecule has 240 valence electrons. The number of hydrogen-bond acceptors (Lipinski definition) is 9. The highest BCUT2D eigenvalue weighted by atomic mass is 16.7. The average Bonchev–Trinajstić information content (AvgIpc) is 3.36. The third kappa shape index (κ3) is 12.0. The van der Waals surface area contributed by atoms with Crippen molar-refractivity contribution in [2.24, 2.45) is 5.92 Å². The van der Waals surface area contributed by atoms with Gasteiger partial charge in [0.25, 0.3) is 5.91 Å². The molecule has 4 N–H and O–H groups in total. The van der Waals surface area contributed by atoms with E-state index >= 15 is 0 Å². The van der Waals surface area contributed by atoms with Crippen molar-refractivity contribution in [3.05, 3.63) is 48.2 Å². The zero-order valence-electron chi connectivity index (χ0n) is 27.1. The summed E-state index contributed by atoms with van der Waals surface area (Å²) in [6.07, 6.45) is 3.29. The Morgan fingerprint density at radius 2 is 1.79 bits per heavy atom. The predicted octanol–water partition coefficient (Wildman–Crippen LogP) is 3.77. The van der Waals surface area contributed by atoms with Crippen LogP contribution < -0.4 is 16.3 Å². The highest BCUT2D eigenvalue weighted by Crippen LogP contribution is 2.35. The Morgan fingerprint density at radius 3 is 2.31 bits per heavy atom. The summed E-state index contributed by atoms with van der Waals surface area (Å²) in [5.41, 5.74) is 7.17. The molecule has 2 fully saturated rings. The lowest BCUT2D eigenvalue weighted by atomic mass is 9.89. The lowest BCUT2D eigenvalue weighted by Gasteiger charge is -2.49. The van der Waals surface area contributed by atoms with Crippen LogP contribution in [0.3, 0.4) is 0 Å². The average molecular weight is 592 g/mol. The highest BCUT2D eigenvalue weighted by Gasteiger charge is 2.47. The van der Waals surface area contributed by atoms with Gasteiger partial charge in [0.05, 0.1) is 5.54 Å². The lowest BCUT2D eigenvalue weighted by molar-refractivity contribution is -0.154. The third-order valence-corrected chi connectivity index (χ3v) is 7.50. The minimum atomic E-state index is -0.603. The number of benzene rings is 1. The molecule has 10 heteroatoms. The number of carbonyl (C=O) groups excluding carboxylic acids is 2. The number of hydrazine groups is 1. The Balaban J connectivity index is 0.000000979. The molecule has 2 aliphatic heterocycles. The maximum Gasteiger partial charge on any atom is 0.324 e. The molecule has 1 aromatic rings. The molecule has 1 amide bonds. The largest absolute Gasteiger partial charge is 0.461 e. The molecule has 0 bridgehead atoms. The van der Waals surface area contributed by atoms with Crippen LogP contribution in [0.15, 0.2) is 42.6 Å². The SMILES string of the molecule is C=C1NCCC12CN(C(=O)CONNC(C)C(=O)OC(CC)CC)CCN2Cc1ccccc1.CC.CC(C)CCO. The minimum Gasteiger partial charge on any atom is -0.461 e. The van der Waals surface area contributed by atoms with E-state index in [4.69, 9.17) is 14.7 Å². The zero-order valence-corrected chi connectivity index (χ0v) is 27.1. The van der Waals surface area contributed by atoms with Gasteiger partial charge in [-0.2, -0.15) is 0 Å². The number of ether oxygens (including phenoxy) is 1. The molecule has 0 aliphatic carbocycles. The zero-order chi connectivity index (χ0) is 31.5. The molecular formula is C32H57N5O5. The van der Waals surface area contributed by atoms with Gasteiger partial charge in [0.15, 0.2) is 0 Å². The summed E-state index contributed by atoms with van der Waals surface area (Å²) in [6.45, 7) is 21.9.